The summed E-state index contributed by atoms with van der Waals surface area (Å²) in [5.41, 5.74) is 0. The van der Waals surface area contributed by atoms with E-state index in [4.69, 9.17) is 4.74 Å². The second-order valence-electron chi connectivity index (χ2n) is 4.76. The van der Waals surface area contributed by atoms with Crippen LogP contribution in [-0.4, -0.2) is 24.7 Å². The van der Waals surface area contributed by atoms with Crippen LogP contribution in [0.5, 0.6) is 0 Å². The molecule has 0 unspecified atom stereocenters. The molecule has 88 valence electrons. The highest BCUT2D eigenvalue weighted by molar-refractivity contribution is 5.77. The summed E-state index contributed by atoms with van der Waals surface area (Å²) >= 11 is 0. The molecule has 3 heteroatoms. The van der Waals surface area contributed by atoms with E-state index in [0.29, 0.717) is 12.0 Å². The number of hydrogen-bond donors (Lipinski definition) is 1. The number of nitrogens with one attached hydrogen (secondary N) is 1. The molecular weight excluding hydrogens is 190 g/mol. The number of amides is 1. The topological polar surface area (TPSA) is 38.3 Å². The predicted molar refractivity (Wildman–Crippen MR) is 60.7 cm³/mol. The van der Waals surface area contributed by atoms with Crippen LogP contribution in [0.4, 0.5) is 0 Å². The Morgan fingerprint density at radius 2 is 1.93 bits per heavy atom. The maximum Gasteiger partial charge on any atom is 0.246 e. The molecule has 3 nitrogen and oxygen atoms in total. The van der Waals surface area contributed by atoms with Crippen LogP contribution in [-0.2, 0) is 9.53 Å². The summed E-state index contributed by atoms with van der Waals surface area (Å²) < 4.78 is 5.26. The van der Waals surface area contributed by atoms with E-state index >= 15 is 0 Å². The zero-order chi connectivity index (χ0) is 11.3. The summed E-state index contributed by atoms with van der Waals surface area (Å²) in [6.45, 7) is 6.17. The number of ether oxygens (including phenoxy) is 1. The van der Waals surface area contributed by atoms with Crippen molar-refractivity contribution in [2.24, 2.45) is 5.92 Å². The Hall–Kier alpha value is -0.570. The lowest BCUT2D eigenvalue weighted by molar-refractivity contribution is -0.128. The summed E-state index contributed by atoms with van der Waals surface area (Å²) in [6.07, 6.45) is 5.26. The summed E-state index contributed by atoms with van der Waals surface area (Å²) in [5.74, 6) is 0.691. The molecule has 0 aromatic heterocycles. The fraction of sp³-hybridized carbons (Fsp3) is 0.917. The molecule has 0 radical (unpaired) electrons. The highest BCUT2D eigenvalue weighted by Gasteiger charge is 2.22. The quantitative estimate of drug-likeness (QED) is 0.759. The van der Waals surface area contributed by atoms with Crippen LogP contribution in [0, 0.1) is 5.92 Å². The van der Waals surface area contributed by atoms with Gasteiger partial charge in [0.05, 0.1) is 6.10 Å². The molecule has 0 spiro atoms. The molecule has 1 aliphatic rings. The molecule has 1 N–H and O–H groups in total. The summed E-state index contributed by atoms with van der Waals surface area (Å²) in [4.78, 5) is 11.5. The molecule has 0 aliphatic heterocycles. The van der Waals surface area contributed by atoms with Crippen LogP contribution in [0.15, 0.2) is 0 Å². The van der Waals surface area contributed by atoms with Crippen molar-refractivity contribution in [2.45, 2.75) is 58.6 Å². The Bertz CT molecular complexity index is 198. The SMILES string of the molecule is CC(C)OCC(=O)N[C@@H](C)C1CCCC1. The van der Waals surface area contributed by atoms with E-state index in [-0.39, 0.29) is 18.6 Å². The van der Waals surface area contributed by atoms with Gasteiger partial charge < -0.3 is 10.1 Å². The number of hydrogen-bond acceptors (Lipinski definition) is 2. The first-order chi connectivity index (χ1) is 7.09. The van der Waals surface area contributed by atoms with Crippen LogP contribution in [0.1, 0.15) is 46.5 Å². The van der Waals surface area contributed by atoms with E-state index in [9.17, 15) is 4.79 Å². The molecule has 0 bridgehead atoms. The van der Waals surface area contributed by atoms with Crippen molar-refractivity contribution in [3.05, 3.63) is 0 Å². The monoisotopic (exact) mass is 213 g/mol. The summed E-state index contributed by atoms with van der Waals surface area (Å²) in [5, 5.41) is 3.01. The first kappa shape index (κ1) is 12.5. The van der Waals surface area contributed by atoms with Gasteiger partial charge in [0.15, 0.2) is 0 Å². The molecule has 1 rings (SSSR count). The normalized spacial score (nSPS) is 19.5. The maximum atomic E-state index is 11.5. The predicted octanol–water partition coefficient (Wildman–Crippen LogP) is 2.11. The molecule has 0 saturated heterocycles. The van der Waals surface area contributed by atoms with Crippen molar-refractivity contribution in [1.82, 2.24) is 5.32 Å². The highest BCUT2D eigenvalue weighted by atomic mass is 16.5. The van der Waals surface area contributed by atoms with Gasteiger partial charge in [0.1, 0.15) is 6.61 Å². The van der Waals surface area contributed by atoms with Crippen LogP contribution in [0.25, 0.3) is 0 Å². The minimum absolute atomic E-state index is 0.0168. The van der Waals surface area contributed by atoms with E-state index < -0.39 is 0 Å². The Balaban J connectivity index is 2.18. The average Bonchev–Trinajstić information content (AvgIpc) is 2.67. The van der Waals surface area contributed by atoms with Crippen molar-refractivity contribution in [3.8, 4) is 0 Å². The first-order valence-electron chi connectivity index (χ1n) is 6.00. The minimum Gasteiger partial charge on any atom is -0.369 e. The lowest BCUT2D eigenvalue weighted by Crippen LogP contribution is -2.39. The van der Waals surface area contributed by atoms with E-state index in [2.05, 4.69) is 12.2 Å². The fourth-order valence-corrected chi connectivity index (χ4v) is 2.11. The van der Waals surface area contributed by atoms with Gasteiger partial charge in [-0.3, -0.25) is 4.79 Å². The van der Waals surface area contributed by atoms with Crippen LogP contribution >= 0.6 is 0 Å². The molecular formula is C12H23NO2. The maximum absolute atomic E-state index is 11.5. The zero-order valence-corrected chi connectivity index (χ0v) is 10.1. The molecule has 1 saturated carbocycles. The van der Waals surface area contributed by atoms with Gasteiger partial charge >= 0.3 is 0 Å². The highest BCUT2D eigenvalue weighted by Crippen LogP contribution is 2.27. The van der Waals surface area contributed by atoms with Gasteiger partial charge in [0.25, 0.3) is 0 Å². The molecule has 15 heavy (non-hydrogen) atoms. The number of carbonyl (C=O) groups is 1. The van der Waals surface area contributed by atoms with Gasteiger partial charge in [0.2, 0.25) is 5.91 Å². The smallest absolute Gasteiger partial charge is 0.246 e. The Morgan fingerprint density at radius 1 is 1.33 bits per heavy atom. The lowest BCUT2D eigenvalue weighted by Gasteiger charge is -2.20. The van der Waals surface area contributed by atoms with Gasteiger partial charge in [-0.1, -0.05) is 12.8 Å². The largest absolute Gasteiger partial charge is 0.369 e. The second-order valence-corrected chi connectivity index (χ2v) is 4.76. The van der Waals surface area contributed by atoms with Crippen molar-refractivity contribution < 1.29 is 9.53 Å². The zero-order valence-electron chi connectivity index (χ0n) is 10.1. The van der Waals surface area contributed by atoms with Gasteiger partial charge in [-0.05, 0) is 39.5 Å². The van der Waals surface area contributed by atoms with Crippen molar-refractivity contribution >= 4 is 5.91 Å². The third-order valence-corrected chi connectivity index (χ3v) is 3.04. The lowest BCUT2D eigenvalue weighted by atomic mass is 10.00. The molecule has 1 amide bonds. The van der Waals surface area contributed by atoms with E-state index in [1.54, 1.807) is 0 Å². The second kappa shape index (κ2) is 6.11. The molecule has 0 heterocycles. The first-order valence-corrected chi connectivity index (χ1v) is 6.00. The van der Waals surface area contributed by atoms with Crippen molar-refractivity contribution in [3.63, 3.8) is 0 Å². The van der Waals surface area contributed by atoms with Crippen LogP contribution in [0.2, 0.25) is 0 Å². The Morgan fingerprint density at radius 3 is 2.47 bits per heavy atom. The third-order valence-electron chi connectivity index (χ3n) is 3.04. The standard InChI is InChI=1S/C12H23NO2/c1-9(2)15-8-12(14)13-10(3)11-6-4-5-7-11/h9-11H,4-8H2,1-3H3,(H,13,14)/t10-/m0/s1. The molecule has 0 aromatic carbocycles. The Kier molecular flexibility index (Phi) is 5.09. The van der Waals surface area contributed by atoms with Gasteiger partial charge in [-0.2, -0.15) is 0 Å². The average molecular weight is 213 g/mol. The molecule has 1 fully saturated rings. The molecule has 1 atom stereocenters. The fourth-order valence-electron chi connectivity index (χ4n) is 2.11. The van der Waals surface area contributed by atoms with Gasteiger partial charge in [0, 0.05) is 6.04 Å². The van der Waals surface area contributed by atoms with Gasteiger partial charge in [-0.15, -0.1) is 0 Å². The van der Waals surface area contributed by atoms with Crippen LogP contribution < -0.4 is 5.32 Å². The third kappa shape index (κ3) is 4.65. The van der Waals surface area contributed by atoms with E-state index in [1.807, 2.05) is 13.8 Å². The van der Waals surface area contributed by atoms with Gasteiger partial charge in [-0.25, -0.2) is 0 Å². The van der Waals surface area contributed by atoms with E-state index in [1.165, 1.54) is 25.7 Å². The van der Waals surface area contributed by atoms with E-state index in [0.717, 1.165) is 0 Å². The number of carbonyl (C=O) groups excluding carboxylic acids is 1. The van der Waals surface area contributed by atoms with Crippen LogP contribution in [0.3, 0.4) is 0 Å². The summed E-state index contributed by atoms with van der Waals surface area (Å²) in [6, 6.07) is 0.302. The number of rotatable bonds is 5. The Labute approximate surface area is 92.6 Å². The molecule has 1 aliphatic carbocycles. The van der Waals surface area contributed by atoms with Crippen molar-refractivity contribution in [1.29, 1.82) is 0 Å². The minimum atomic E-state index is 0.0168. The molecule has 0 aromatic rings. The summed E-state index contributed by atoms with van der Waals surface area (Å²) in [7, 11) is 0. The van der Waals surface area contributed by atoms with Crippen molar-refractivity contribution in [2.75, 3.05) is 6.61 Å².